The molecule has 0 bridgehead atoms. The van der Waals surface area contributed by atoms with Crippen LogP contribution in [0.4, 0.5) is 4.39 Å². The fourth-order valence-corrected chi connectivity index (χ4v) is 3.69. The number of nitrogens with zero attached hydrogens (tertiary/aromatic N) is 4. The first kappa shape index (κ1) is 19.0. The van der Waals surface area contributed by atoms with Crippen LogP contribution < -0.4 is 10.1 Å². The maximum Gasteiger partial charge on any atom is 0.258 e. The summed E-state index contributed by atoms with van der Waals surface area (Å²) in [6, 6.07) is 14.2. The molecule has 29 heavy (non-hydrogen) atoms. The van der Waals surface area contributed by atoms with E-state index >= 15 is 0 Å². The minimum Gasteiger partial charge on any atom is -0.496 e. The third kappa shape index (κ3) is 4.11. The molecule has 2 aromatic carbocycles. The van der Waals surface area contributed by atoms with E-state index in [-0.39, 0.29) is 23.4 Å². The highest BCUT2D eigenvalue weighted by Gasteiger charge is 2.27. The number of aromatic nitrogens is 4. The van der Waals surface area contributed by atoms with Crippen LogP contribution in [0.1, 0.15) is 42.1 Å². The molecule has 1 aliphatic rings. The van der Waals surface area contributed by atoms with E-state index in [0.29, 0.717) is 5.82 Å². The predicted octanol–water partition coefficient (Wildman–Crippen LogP) is 3.40. The first-order valence-electron chi connectivity index (χ1n) is 9.64. The Bertz CT molecular complexity index is 984. The van der Waals surface area contributed by atoms with Crippen LogP contribution >= 0.6 is 0 Å². The average molecular weight is 395 g/mol. The predicted molar refractivity (Wildman–Crippen MR) is 105 cm³/mol. The summed E-state index contributed by atoms with van der Waals surface area (Å²) in [6.07, 6.45) is 3.14. The van der Waals surface area contributed by atoms with E-state index in [1.165, 1.54) is 19.2 Å². The maximum atomic E-state index is 14.1. The average Bonchev–Trinajstić information content (AvgIpc) is 3.25. The monoisotopic (exact) mass is 395 g/mol. The molecule has 1 heterocycles. The normalized spacial score (nSPS) is 19.0. The van der Waals surface area contributed by atoms with E-state index in [2.05, 4.69) is 20.7 Å². The van der Waals surface area contributed by atoms with Crippen LogP contribution in [0.2, 0.25) is 0 Å². The number of nitrogens with one attached hydrogen (secondary N) is 1. The summed E-state index contributed by atoms with van der Waals surface area (Å²) in [6.45, 7) is 0. The Morgan fingerprint density at radius 1 is 1.10 bits per heavy atom. The zero-order valence-electron chi connectivity index (χ0n) is 16.1. The molecule has 0 unspecified atom stereocenters. The fourth-order valence-electron chi connectivity index (χ4n) is 3.69. The second kappa shape index (κ2) is 8.38. The Morgan fingerprint density at radius 2 is 1.86 bits per heavy atom. The third-order valence-corrected chi connectivity index (χ3v) is 5.24. The molecule has 8 heteroatoms. The number of hydrogen-bond acceptors (Lipinski definition) is 5. The summed E-state index contributed by atoms with van der Waals surface area (Å²) in [7, 11) is 1.42. The summed E-state index contributed by atoms with van der Waals surface area (Å²) in [5.41, 5.74) is 0.876. The van der Waals surface area contributed by atoms with Gasteiger partial charge in [0.1, 0.15) is 17.1 Å². The number of amides is 1. The second-order valence-corrected chi connectivity index (χ2v) is 7.10. The van der Waals surface area contributed by atoms with Crippen molar-refractivity contribution in [2.45, 2.75) is 37.8 Å². The van der Waals surface area contributed by atoms with Crippen LogP contribution in [-0.4, -0.2) is 39.3 Å². The molecule has 1 amide bonds. The van der Waals surface area contributed by atoms with Gasteiger partial charge in [0.05, 0.1) is 13.2 Å². The molecule has 1 aromatic heterocycles. The molecule has 1 N–H and O–H groups in total. The van der Waals surface area contributed by atoms with Gasteiger partial charge in [-0.2, -0.15) is 4.80 Å². The smallest absolute Gasteiger partial charge is 0.258 e. The van der Waals surface area contributed by atoms with E-state index in [0.717, 1.165) is 31.2 Å². The minimum atomic E-state index is -0.587. The Hall–Kier alpha value is -3.29. The molecule has 1 fully saturated rings. The molecule has 4 rings (SSSR count). The van der Waals surface area contributed by atoms with E-state index in [1.54, 1.807) is 10.9 Å². The number of hydrogen-bond donors (Lipinski definition) is 1. The van der Waals surface area contributed by atoms with E-state index in [9.17, 15) is 9.18 Å². The lowest BCUT2D eigenvalue weighted by atomic mass is 9.91. The van der Waals surface area contributed by atoms with Crippen LogP contribution in [0.25, 0.3) is 11.4 Å². The highest BCUT2D eigenvalue weighted by atomic mass is 19.1. The number of ether oxygens (including phenoxy) is 1. The number of carbonyl (C=O) groups excluding carboxylic acids is 1. The van der Waals surface area contributed by atoms with Crippen LogP contribution in [0.5, 0.6) is 5.75 Å². The van der Waals surface area contributed by atoms with Gasteiger partial charge in [-0.3, -0.25) is 4.79 Å². The number of tetrazole rings is 1. The van der Waals surface area contributed by atoms with Crippen LogP contribution in [0.3, 0.4) is 0 Å². The summed E-state index contributed by atoms with van der Waals surface area (Å²) in [5, 5.41) is 15.8. The van der Waals surface area contributed by atoms with Crippen molar-refractivity contribution in [1.29, 1.82) is 0 Å². The topological polar surface area (TPSA) is 81.9 Å². The third-order valence-electron chi connectivity index (χ3n) is 5.24. The van der Waals surface area contributed by atoms with Crippen molar-refractivity contribution in [2.24, 2.45) is 0 Å². The van der Waals surface area contributed by atoms with E-state index < -0.39 is 11.7 Å². The zero-order chi connectivity index (χ0) is 20.2. The second-order valence-electron chi connectivity index (χ2n) is 7.10. The van der Waals surface area contributed by atoms with Crippen molar-refractivity contribution in [2.75, 3.05) is 7.11 Å². The Balaban J connectivity index is 1.37. The molecule has 0 radical (unpaired) electrons. The molecule has 1 saturated carbocycles. The van der Waals surface area contributed by atoms with Gasteiger partial charge in [0, 0.05) is 11.6 Å². The van der Waals surface area contributed by atoms with Crippen molar-refractivity contribution < 1.29 is 13.9 Å². The van der Waals surface area contributed by atoms with Gasteiger partial charge < -0.3 is 10.1 Å². The van der Waals surface area contributed by atoms with Crippen LogP contribution in [-0.2, 0) is 0 Å². The van der Waals surface area contributed by atoms with Crippen molar-refractivity contribution in [3.8, 4) is 17.1 Å². The van der Waals surface area contributed by atoms with E-state index in [4.69, 9.17) is 4.74 Å². The first-order chi connectivity index (χ1) is 14.2. The largest absolute Gasteiger partial charge is 0.496 e. The molecule has 7 nitrogen and oxygen atoms in total. The van der Waals surface area contributed by atoms with Gasteiger partial charge in [0.25, 0.3) is 5.91 Å². The lowest BCUT2D eigenvalue weighted by molar-refractivity contribution is 0.0913. The van der Waals surface area contributed by atoms with Crippen molar-refractivity contribution >= 4 is 5.91 Å². The van der Waals surface area contributed by atoms with Gasteiger partial charge in [-0.25, -0.2) is 4.39 Å². The van der Waals surface area contributed by atoms with Gasteiger partial charge in [-0.15, -0.1) is 10.2 Å². The highest BCUT2D eigenvalue weighted by molar-refractivity contribution is 5.97. The van der Waals surface area contributed by atoms with Crippen molar-refractivity contribution in [1.82, 2.24) is 25.5 Å². The summed E-state index contributed by atoms with van der Waals surface area (Å²) in [4.78, 5) is 14.2. The molecule has 0 spiro atoms. The molecule has 0 aliphatic heterocycles. The van der Waals surface area contributed by atoms with Gasteiger partial charge >= 0.3 is 0 Å². The summed E-state index contributed by atoms with van der Waals surface area (Å²) < 4.78 is 19.2. The maximum absolute atomic E-state index is 14.1. The van der Waals surface area contributed by atoms with Gasteiger partial charge in [-0.1, -0.05) is 36.4 Å². The molecular weight excluding hydrogens is 373 g/mol. The SMILES string of the molecule is COc1cccc(F)c1C(=O)NC1CCC(n2nnc(-c3ccccc3)n2)CC1. The Labute approximate surface area is 167 Å². The number of carbonyl (C=O) groups is 1. The molecule has 3 aromatic rings. The number of benzene rings is 2. The quantitative estimate of drug-likeness (QED) is 0.716. The van der Waals surface area contributed by atoms with Crippen LogP contribution in [0, 0.1) is 5.82 Å². The molecule has 1 aliphatic carbocycles. The standard InChI is InChI=1S/C21H22FN5O2/c1-29-18-9-5-8-17(22)19(18)21(28)23-15-10-12-16(13-11-15)27-25-20(24-26-27)14-6-3-2-4-7-14/h2-9,15-16H,10-13H2,1H3,(H,23,28). The number of methoxy groups -OCH3 is 1. The molecule has 0 atom stereocenters. The van der Waals surface area contributed by atoms with Gasteiger partial charge in [0.15, 0.2) is 0 Å². The molecular formula is C21H22FN5O2. The lowest BCUT2D eigenvalue weighted by Crippen LogP contribution is -2.38. The van der Waals surface area contributed by atoms with Crippen molar-refractivity contribution in [3.63, 3.8) is 0 Å². The summed E-state index contributed by atoms with van der Waals surface area (Å²) >= 11 is 0. The minimum absolute atomic E-state index is 0.0276. The van der Waals surface area contributed by atoms with Gasteiger partial charge in [-0.05, 0) is 43.0 Å². The number of rotatable bonds is 5. The Morgan fingerprint density at radius 3 is 2.59 bits per heavy atom. The first-order valence-corrected chi connectivity index (χ1v) is 9.64. The van der Waals surface area contributed by atoms with Crippen molar-refractivity contribution in [3.05, 3.63) is 59.9 Å². The molecule has 0 saturated heterocycles. The number of halogens is 1. The van der Waals surface area contributed by atoms with Gasteiger partial charge in [0.2, 0.25) is 5.82 Å². The fraction of sp³-hybridized carbons (Fsp3) is 0.333. The Kier molecular flexibility index (Phi) is 5.50. The summed E-state index contributed by atoms with van der Waals surface area (Å²) in [5.74, 6) is -0.200. The van der Waals surface area contributed by atoms with E-state index in [1.807, 2.05) is 30.3 Å². The highest BCUT2D eigenvalue weighted by Crippen LogP contribution is 2.29. The lowest BCUT2D eigenvalue weighted by Gasteiger charge is -2.28. The molecule has 150 valence electrons. The van der Waals surface area contributed by atoms with Crippen LogP contribution in [0.15, 0.2) is 48.5 Å². The zero-order valence-corrected chi connectivity index (χ0v) is 16.1.